The molecule has 0 radical (unpaired) electrons. The van der Waals surface area contributed by atoms with E-state index in [-0.39, 0.29) is 17.1 Å². The number of benzene rings is 1. The van der Waals surface area contributed by atoms with Crippen LogP contribution < -0.4 is 9.62 Å². The summed E-state index contributed by atoms with van der Waals surface area (Å²) < 4.78 is 27.5. The first-order chi connectivity index (χ1) is 14.3. The van der Waals surface area contributed by atoms with Crippen LogP contribution in [0.3, 0.4) is 0 Å². The van der Waals surface area contributed by atoms with E-state index in [1.165, 1.54) is 10.9 Å². The van der Waals surface area contributed by atoms with Crippen molar-refractivity contribution in [3.63, 3.8) is 0 Å². The van der Waals surface area contributed by atoms with Gasteiger partial charge < -0.3 is 9.80 Å². The molecule has 2 heterocycles. The van der Waals surface area contributed by atoms with Gasteiger partial charge in [0.15, 0.2) is 0 Å². The van der Waals surface area contributed by atoms with E-state index in [1.807, 2.05) is 30.0 Å². The average Bonchev–Trinajstić information content (AvgIpc) is 3.20. The molecule has 0 atom stereocenters. The summed E-state index contributed by atoms with van der Waals surface area (Å²) in [4.78, 5) is 18.5. The minimum absolute atomic E-state index is 0.0898. The minimum atomic E-state index is -3.80. The second-order valence-corrected chi connectivity index (χ2v) is 10.3. The maximum atomic E-state index is 12.5. The summed E-state index contributed by atoms with van der Waals surface area (Å²) in [5.41, 5.74) is 0.278. The van der Waals surface area contributed by atoms with Crippen LogP contribution in [0.1, 0.15) is 4.88 Å². The molecule has 1 aromatic carbocycles. The van der Waals surface area contributed by atoms with Gasteiger partial charge in [0, 0.05) is 56.8 Å². The van der Waals surface area contributed by atoms with Gasteiger partial charge in [0.25, 0.3) is 5.69 Å². The third-order valence-electron chi connectivity index (χ3n) is 4.98. The Bertz CT molecular complexity index is 955. The van der Waals surface area contributed by atoms with Crippen LogP contribution in [-0.2, 0) is 16.6 Å². The van der Waals surface area contributed by atoms with Crippen molar-refractivity contribution in [1.29, 1.82) is 0 Å². The van der Waals surface area contributed by atoms with Gasteiger partial charge in [0.05, 0.1) is 9.82 Å². The summed E-state index contributed by atoms with van der Waals surface area (Å²) in [5, 5.41) is 13.7. The number of nitro groups is 1. The fraction of sp³-hybridized carbons (Fsp3) is 0.474. The second kappa shape index (κ2) is 9.84. The molecule has 0 bridgehead atoms. The molecular formula is C19H27N5O4S2. The largest absolute Gasteiger partial charge is 0.363 e. The summed E-state index contributed by atoms with van der Waals surface area (Å²) in [6.45, 7) is 4.54. The Morgan fingerprint density at radius 2 is 1.93 bits per heavy atom. The van der Waals surface area contributed by atoms with Crippen LogP contribution in [-0.4, -0.2) is 76.5 Å². The first kappa shape index (κ1) is 22.6. The molecule has 2 aromatic rings. The molecular weight excluding hydrogens is 426 g/mol. The van der Waals surface area contributed by atoms with Crippen LogP contribution in [0.4, 0.5) is 11.4 Å². The first-order valence-corrected chi connectivity index (χ1v) is 12.0. The summed E-state index contributed by atoms with van der Waals surface area (Å²) in [6, 6.07) is 8.29. The predicted octanol–water partition coefficient (Wildman–Crippen LogP) is 1.82. The number of hydrogen-bond donors (Lipinski definition) is 1. The molecule has 9 nitrogen and oxygen atoms in total. The third-order valence-corrected chi connectivity index (χ3v) is 7.30. The number of rotatable bonds is 9. The Morgan fingerprint density at radius 3 is 2.53 bits per heavy atom. The molecule has 1 fully saturated rings. The van der Waals surface area contributed by atoms with Crippen molar-refractivity contribution >= 4 is 32.7 Å². The number of nitrogens with one attached hydrogen (secondary N) is 1. The molecule has 0 unspecified atom stereocenters. The Morgan fingerprint density at radius 1 is 1.20 bits per heavy atom. The zero-order valence-corrected chi connectivity index (χ0v) is 18.8. The smallest absolute Gasteiger partial charge is 0.293 e. The summed E-state index contributed by atoms with van der Waals surface area (Å²) in [6.07, 6.45) is 0. The lowest BCUT2D eigenvalue weighted by Gasteiger charge is -2.35. The number of piperazine rings is 1. The van der Waals surface area contributed by atoms with E-state index in [2.05, 4.69) is 21.1 Å². The maximum absolute atomic E-state index is 12.5. The van der Waals surface area contributed by atoms with Crippen molar-refractivity contribution in [3.05, 3.63) is 50.7 Å². The topological polar surface area (TPSA) is 99.0 Å². The maximum Gasteiger partial charge on any atom is 0.293 e. The van der Waals surface area contributed by atoms with Crippen molar-refractivity contribution in [2.75, 3.05) is 58.3 Å². The van der Waals surface area contributed by atoms with E-state index in [4.69, 9.17) is 0 Å². The highest BCUT2D eigenvalue weighted by atomic mass is 32.2. The molecule has 11 heteroatoms. The third kappa shape index (κ3) is 5.76. The molecule has 1 aromatic heterocycles. The van der Waals surface area contributed by atoms with Crippen LogP contribution in [0.15, 0.2) is 40.6 Å². The Hall–Kier alpha value is -2.05. The van der Waals surface area contributed by atoms with Gasteiger partial charge in [-0.05, 0) is 37.7 Å². The van der Waals surface area contributed by atoms with Gasteiger partial charge in [-0.3, -0.25) is 15.0 Å². The molecule has 0 aliphatic carbocycles. The van der Waals surface area contributed by atoms with Gasteiger partial charge in [-0.1, -0.05) is 6.07 Å². The number of nitro benzene ring substituents is 1. The van der Waals surface area contributed by atoms with Crippen molar-refractivity contribution in [1.82, 2.24) is 14.5 Å². The molecule has 30 heavy (non-hydrogen) atoms. The average molecular weight is 454 g/mol. The molecule has 0 spiro atoms. The van der Waals surface area contributed by atoms with E-state index in [0.717, 1.165) is 25.7 Å². The SMILES string of the molecule is CN(C)CCNS(=O)(=O)c1ccc(N2CCN(Cc3cccs3)CC2)c([N+](=O)[O-])c1. The molecule has 0 amide bonds. The lowest BCUT2D eigenvalue weighted by molar-refractivity contribution is -0.384. The molecule has 1 aliphatic heterocycles. The molecule has 1 aliphatic rings. The molecule has 0 saturated carbocycles. The van der Waals surface area contributed by atoms with Gasteiger partial charge in [0.2, 0.25) is 10.0 Å². The van der Waals surface area contributed by atoms with Crippen LogP contribution in [0.5, 0.6) is 0 Å². The Labute approximate surface area is 181 Å². The molecule has 3 rings (SSSR count). The lowest BCUT2D eigenvalue weighted by atomic mass is 10.2. The fourth-order valence-electron chi connectivity index (χ4n) is 3.34. The van der Waals surface area contributed by atoms with E-state index in [0.29, 0.717) is 25.3 Å². The standard InChI is InChI=1S/C19H27N5O4S2/c1-21(2)8-7-20-30(27,28)17-5-6-18(19(14-17)24(25)26)23-11-9-22(10-12-23)15-16-4-3-13-29-16/h3-6,13-14,20H,7-12,15H2,1-2H3. The zero-order valence-electron chi connectivity index (χ0n) is 17.2. The van der Waals surface area contributed by atoms with Gasteiger partial charge in [-0.2, -0.15) is 0 Å². The number of thiophene rings is 1. The number of anilines is 1. The van der Waals surface area contributed by atoms with E-state index in [9.17, 15) is 18.5 Å². The number of sulfonamides is 1. The highest BCUT2D eigenvalue weighted by Crippen LogP contribution is 2.31. The normalized spacial score (nSPS) is 15.6. The van der Waals surface area contributed by atoms with Crippen molar-refractivity contribution in [3.8, 4) is 0 Å². The van der Waals surface area contributed by atoms with E-state index >= 15 is 0 Å². The summed E-state index contributed by atoms with van der Waals surface area (Å²) >= 11 is 1.72. The second-order valence-electron chi connectivity index (χ2n) is 7.45. The fourth-order valence-corrected chi connectivity index (χ4v) is 5.13. The van der Waals surface area contributed by atoms with Crippen LogP contribution in [0.25, 0.3) is 0 Å². The van der Waals surface area contributed by atoms with Gasteiger partial charge >= 0.3 is 0 Å². The van der Waals surface area contributed by atoms with Gasteiger partial charge in [0.1, 0.15) is 5.69 Å². The Kier molecular flexibility index (Phi) is 7.42. The highest BCUT2D eigenvalue weighted by Gasteiger charge is 2.26. The Balaban J connectivity index is 1.70. The van der Waals surface area contributed by atoms with Crippen molar-refractivity contribution in [2.24, 2.45) is 0 Å². The molecule has 1 N–H and O–H groups in total. The predicted molar refractivity (Wildman–Crippen MR) is 119 cm³/mol. The first-order valence-electron chi connectivity index (χ1n) is 9.69. The number of hydrogen-bond acceptors (Lipinski definition) is 8. The monoisotopic (exact) mass is 453 g/mol. The molecule has 1 saturated heterocycles. The lowest BCUT2D eigenvalue weighted by Crippen LogP contribution is -2.46. The quantitative estimate of drug-likeness (QED) is 0.457. The van der Waals surface area contributed by atoms with Crippen molar-refractivity contribution in [2.45, 2.75) is 11.4 Å². The van der Waals surface area contributed by atoms with Gasteiger partial charge in [-0.15, -0.1) is 11.3 Å². The summed E-state index contributed by atoms with van der Waals surface area (Å²) in [5.74, 6) is 0. The minimum Gasteiger partial charge on any atom is -0.363 e. The number of nitrogens with zero attached hydrogens (tertiary/aromatic N) is 4. The summed E-state index contributed by atoms with van der Waals surface area (Å²) in [7, 11) is -0.121. The van der Waals surface area contributed by atoms with Crippen LogP contribution >= 0.6 is 11.3 Å². The van der Waals surface area contributed by atoms with E-state index in [1.54, 1.807) is 17.4 Å². The van der Waals surface area contributed by atoms with Crippen LogP contribution in [0, 0.1) is 10.1 Å². The van der Waals surface area contributed by atoms with Crippen LogP contribution in [0.2, 0.25) is 0 Å². The van der Waals surface area contributed by atoms with Gasteiger partial charge in [-0.25, -0.2) is 13.1 Å². The van der Waals surface area contributed by atoms with Crippen molar-refractivity contribution < 1.29 is 13.3 Å². The zero-order chi connectivity index (χ0) is 21.7. The number of likely N-dealkylation sites (N-methyl/N-ethyl adjacent to an activating group) is 1. The highest BCUT2D eigenvalue weighted by molar-refractivity contribution is 7.89. The van der Waals surface area contributed by atoms with E-state index < -0.39 is 14.9 Å². The molecule has 164 valence electrons.